The minimum Gasteiger partial charge on any atom is -0.383 e. The molecule has 0 unspecified atom stereocenters. The zero-order valence-electron chi connectivity index (χ0n) is 12.4. The van der Waals surface area contributed by atoms with E-state index in [1.165, 1.54) is 19.9 Å². The Morgan fingerprint density at radius 1 is 1.33 bits per heavy atom. The molecule has 116 valence electrons. The molecule has 2 rings (SSSR count). The van der Waals surface area contributed by atoms with Crippen molar-refractivity contribution in [2.45, 2.75) is 25.8 Å². The highest BCUT2D eigenvalue weighted by Gasteiger charge is 2.27. The fourth-order valence-electron chi connectivity index (χ4n) is 2.40. The van der Waals surface area contributed by atoms with Gasteiger partial charge in [-0.3, -0.25) is 9.69 Å². The maximum atomic E-state index is 13.6. The fraction of sp³-hybridized carbons (Fsp3) is 0.533. The van der Waals surface area contributed by atoms with Crippen molar-refractivity contribution in [1.82, 2.24) is 10.2 Å². The van der Waals surface area contributed by atoms with Gasteiger partial charge in [0.2, 0.25) is 0 Å². The van der Waals surface area contributed by atoms with Gasteiger partial charge in [-0.1, -0.05) is 6.92 Å². The Labute approximate surface area is 123 Å². The second kappa shape index (κ2) is 6.85. The third kappa shape index (κ3) is 3.91. The minimum absolute atomic E-state index is 0.00142. The van der Waals surface area contributed by atoms with Crippen LogP contribution >= 0.6 is 0 Å². The predicted molar refractivity (Wildman–Crippen MR) is 78.5 cm³/mol. The molecule has 0 aliphatic heterocycles. The molecule has 0 spiro atoms. The lowest BCUT2D eigenvalue weighted by Gasteiger charge is -2.19. The Hall–Kier alpha value is -1.69. The number of carbonyl (C=O) groups is 1. The summed E-state index contributed by atoms with van der Waals surface area (Å²) < 4.78 is 27.2. The van der Waals surface area contributed by atoms with E-state index in [9.17, 15) is 13.6 Å². The fourth-order valence-corrected chi connectivity index (χ4v) is 2.40. The predicted octanol–water partition coefficient (Wildman–Crippen LogP) is 2.22. The number of nitrogens with one attached hydrogen (secondary N) is 2. The Kier molecular flexibility index (Phi) is 5.12. The summed E-state index contributed by atoms with van der Waals surface area (Å²) >= 11 is 0. The number of hydrogen-bond donors (Lipinski definition) is 2. The highest BCUT2D eigenvalue weighted by atomic mass is 19.1. The van der Waals surface area contributed by atoms with Crippen LogP contribution in [-0.4, -0.2) is 43.5 Å². The molecule has 1 saturated carbocycles. The van der Waals surface area contributed by atoms with Crippen LogP contribution in [0.1, 0.15) is 30.1 Å². The number of nitrogens with zero attached hydrogens (tertiary/aromatic N) is 1. The third-order valence-corrected chi connectivity index (χ3v) is 3.71. The summed E-state index contributed by atoms with van der Waals surface area (Å²) in [6.07, 6.45) is 2.42. The molecule has 1 aromatic carbocycles. The first-order valence-electron chi connectivity index (χ1n) is 7.25. The lowest BCUT2D eigenvalue weighted by molar-refractivity contribution is 0.0947. The number of rotatable bonds is 7. The third-order valence-electron chi connectivity index (χ3n) is 3.71. The smallest absolute Gasteiger partial charge is 0.251 e. The van der Waals surface area contributed by atoms with E-state index in [0.29, 0.717) is 12.6 Å². The van der Waals surface area contributed by atoms with Crippen molar-refractivity contribution >= 4 is 11.6 Å². The molecule has 1 fully saturated rings. The first kappa shape index (κ1) is 15.7. The molecule has 1 amide bonds. The van der Waals surface area contributed by atoms with Crippen molar-refractivity contribution in [1.29, 1.82) is 0 Å². The Balaban J connectivity index is 1.91. The zero-order valence-corrected chi connectivity index (χ0v) is 12.4. The molecule has 21 heavy (non-hydrogen) atoms. The van der Waals surface area contributed by atoms with Gasteiger partial charge in [0, 0.05) is 31.7 Å². The molecule has 0 atom stereocenters. The first-order chi connectivity index (χ1) is 10.1. The maximum absolute atomic E-state index is 13.6. The van der Waals surface area contributed by atoms with Gasteiger partial charge >= 0.3 is 0 Å². The van der Waals surface area contributed by atoms with Crippen molar-refractivity contribution in [3.05, 3.63) is 29.3 Å². The summed E-state index contributed by atoms with van der Waals surface area (Å²) in [5.41, 5.74) is -0.226. The van der Waals surface area contributed by atoms with E-state index in [1.54, 1.807) is 0 Å². The number of carbonyl (C=O) groups excluding carboxylic acids is 1. The van der Waals surface area contributed by atoms with E-state index in [-0.39, 0.29) is 11.3 Å². The average Bonchev–Trinajstić information content (AvgIpc) is 3.27. The number of anilines is 1. The average molecular weight is 297 g/mol. The van der Waals surface area contributed by atoms with Crippen LogP contribution in [-0.2, 0) is 0 Å². The topological polar surface area (TPSA) is 44.4 Å². The van der Waals surface area contributed by atoms with Crippen molar-refractivity contribution in [2.75, 3.05) is 32.0 Å². The molecule has 6 heteroatoms. The summed E-state index contributed by atoms with van der Waals surface area (Å²) in [5.74, 6) is -1.99. The molecule has 2 N–H and O–H groups in total. The largest absolute Gasteiger partial charge is 0.383 e. The first-order valence-corrected chi connectivity index (χ1v) is 7.25. The molecule has 0 saturated heterocycles. The summed E-state index contributed by atoms with van der Waals surface area (Å²) in [5, 5.41) is 5.13. The number of halogens is 2. The number of hydrogen-bond acceptors (Lipinski definition) is 3. The Morgan fingerprint density at radius 2 is 1.95 bits per heavy atom. The van der Waals surface area contributed by atoms with Gasteiger partial charge in [-0.25, -0.2) is 8.78 Å². The van der Waals surface area contributed by atoms with Gasteiger partial charge in [0.25, 0.3) is 5.91 Å². The van der Waals surface area contributed by atoms with Crippen molar-refractivity contribution in [3.63, 3.8) is 0 Å². The Bertz CT molecular complexity index is 495. The number of likely N-dealkylation sites (N-methyl/N-ethyl adjacent to an activating group) is 1. The second-order valence-corrected chi connectivity index (χ2v) is 5.18. The van der Waals surface area contributed by atoms with Gasteiger partial charge < -0.3 is 10.6 Å². The quantitative estimate of drug-likeness (QED) is 0.811. The Morgan fingerprint density at radius 3 is 2.43 bits per heavy atom. The zero-order chi connectivity index (χ0) is 15.4. The molecule has 1 aromatic rings. The number of amides is 1. The molecule has 0 heterocycles. The summed E-state index contributed by atoms with van der Waals surface area (Å²) in [6, 6.07) is 2.72. The molecule has 0 radical (unpaired) electrons. The van der Waals surface area contributed by atoms with Crippen LogP contribution in [0.25, 0.3) is 0 Å². The van der Waals surface area contributed by atoms with E-state index in [2.05, 4.69) is 22.5 Å². The van der Waals surface area contributed by atoms with Gasteiger partial charge in [0.15, 0.2) is 0 Å². The standard InChI is InChI=1S/C15H21F2N3O/c1-3-20(11-4-5-11)7-6-19-15(21)10-8-12(16)14(18-2)13(17)9-10/h8-9,11,18H,3-7H2,1-2H3,(H,19,21). The van der Waals surface area contributed by atoms with E-state index in [1.807, 2.05) is 0 Å². The van der Waals surface area contributed by atoms with Crippen LogP contribution in [0.3, 0.4) is 0 Å². The second-order valence-electron chi connectivity index (χ2n) is 5.18. The van der Waals surface area contributed by atoms with Crippen molar-refractivity contribution in [3.8, 4) is 0 Å². The minimum atomic E-state index is -0.768. The van der Waals surface area contributed by atoms with Crippen LogP contribution in [0.15, 0.2) is 12.1 Å². The van der Waals surface area contributed by atoms with Crippen molar-refractivity contribution < 1.29 is 13.6 Å². The van der Waals surface area contributed by atoms with Crippen LogP contribution < -0.4 is 10.6 Å². The van der Waals surface area contributed by atoms with E-state index in [0.717, 1.165) is 25.2 Å². The van der Waals surface area contributed by atoms with Crippen LogP contribution in [0.5, 0.6) is 0 Å². The highest BCUT2D eigenvalue weighted by molar-refractivity contribution is 5.94. The molecule has 4 nitrogen and oxygen atoms in total. The lowest BCUT2D eigenvalue weighted by Crippen LogP contribution is -2.36. The summed E-state index contributed by atoms with van der Waals surface area (Å²) in [7, 11) is 1.43. The van der Waals surface area contributed by atoms with Crippen LogP contribution in [0.2, 0.25) is 0 Å². The van der Waals surface area contributed by atoms with Gasteiger partial charge in [-0.05, 0) is 31.5 Å². The maximum Gasteiger partial charge on any atom is 0.251 e. The normalized spacial score (nSPS) is 14.3. The molecule has 1 aliphatic carbocycles. The van der Waals surface area contributed by atoms with Gasteiger partial charge in [-0.15, -0.1) is 0 Å². The number of benzene rings is 1. The van der Waals surface area contributed by atoms with Gasteiger partial charge in [0.1, 0.15) is 17.3 Å². The van der Waals surface area contributed by atoms with Gasteiger partial charge in [-0.2, -0.15) is 0 Å². The highest BCUT2D eigenvalue weighted by Crippen LogP contribution is 2.25. The van der Waals surface area contributed by atoms with Crippen LogP contribution in [0, 0.1) is 11.6 Å². The van der Waals surface area contributed by atoms with E-state index < -0.39 is 17.5 Å². The molecule has 0 aromatic heterocycles. The summed E-state index contributed by atoms with van der Waals surface area (Å²) in [6.45, 7) is 4.26. The van der Waals surface area contributed by atoms with E-state index >= 15 is 0 Å². The summed E-state index contributed by atoms with van der Waals surface area (Å²) in [4.78, 5) is 14.2. The molecular weight excluding hydrogens is 276 g/mol. The SMILES string of the molecule is CCN(CCNC(=O)c1cc(F)c(NC)c(F)c1)C1CC1. The van der Waals surface area contributed by atoms with Crippen LogP contribution in [0.4, 0.5) is 14.5 Å². The van der Waals surface area contributed by atoms with Gasteiger partial charge in [0.05, 0.1) is 0 Å². The van der Waals surface area contributed by atoms with E-state index in [4.69, 9.17) is 0 Å². The monoisotopic (exact) mass is 297 g/mol. The molecule has 0 bridgehead atoms. The van der Waals surface area contributed by atoms with Crippen molar-refractivity contribution in [2.24, 2.45) is 0 Å². The molecular formula is C15H21F2N3O. The lowest BCUT2D eigenvalue weighted by atomic mass is 10.1. The molecule has 1 aliphatic rings.